The lowest BCUT2D eigenvalue weighted by Crippen LogP contribution is -2.08. The molecule has 0 unspecified atom stereocenters. The van der Waals surface area contributed by atoms with Crippen molar-refractivity contribution >= 4 is 23.5 Å². The number of pyridine rings is 1. The van der Waals surface area contributed by atoms with Crippen LogP contribution in [0.5, 0.6) is 0 Å². The zero-order chi connectivity index (χ0) is 11.4. The maximum absolute atomic E-state index is 10.5. The average molecular weight is 206 g/mol. The van der Waals surface area contributed by atoms with Crippen molar-refractivity contribution in [1.29, 1.82) is 0 Å². The van der Waals surface area contributed by atoms with Gasteiger partial charge in [-0.05, 0) is 18.1 Å². The first kappa shape index (κ1) is 11.0. The molecular formula is C10H14N4O. The second kappa shape index (κ2) is 4.45. The van der Waals surface area contributed by atoms with Crippen LogP contribution in [-0.2, 0) is 4.79 Å². The van der Waals surface area contributed by atoms with E-state index in [1.807, 2.05) is 6.92 Å². The van der Waals surface area contributed by atoms with Crippen LogP contribution in [0.4, 0.5) is 11.5 Å². The van der Waals surface area contributed by atoms with Crippen LogP contribution in [0.2, 0.25) is 0 Å². The Labute approximate surface area is 88.0 Å². The topological polar surface area (TPSA) is 108 Å². The van der Waals surface area contributed by atoms with Crippen LogP contribution in [0.25, 0.3) is 6.08 Å². The lowest BCUT2D eigenvalue weighted by molar-refractivity contribution is -0.117. The van der Waals surface area contributed by atoms with Crippen molar-refractivity contribution < 1.29 is 4.79 Å². The van der Waals surface area contributed by atoms with E-state index in [2.05, 4.69) is 4.98 Å². The maximum Gasteiger partial charge on any atom is 0.221 e. The molecule has 0 bridgehead atoms. The molecule has 1 aromatic heterocycles. The van der Waals surface area contributed by atoms with E-state index in [0.29, 0.717) is 11.5 Å². The first-order valence-corrected chi connectivity index (χ1v) is 4.47. The van der Waals surface area contributed by atoms with E-state index in [1.165, 1.54) is 0 Å². The molecule has 15 heavy (non-hydrogen) atoms. The van der Waals surface area contributed by atoms with Gasteiger partial charge < -0.3 is 17.2 Å². The Hall–Kier alpha value is -2.04. The predicted molar refractivity (Wildman–Crippen MR) is 60.6 cm³/mol. The number of nitrogen functional groups attached to an aromatic ring is 2. The molecule has 0 atom stereocenters. The molecule has 0 spiro atoms. The fraction of sp³-hybridized carbons (Fsp3) is 0.200. The van der Waals surface area contributed by atoms with Crippen molar-refractivity contribution in [2.24, 2.45) is 5.73 Å². The van der Waals surface area contributed by atoms with Gasteiger partial charge in [0.25, 0.3) is 0 Å². The molecule has 1 amide bonds. The second-order valence-electron chi connectivity index (χ2n) is 3.21. The smallest absolute Gasteiger partial charge is 0.221 e. The minimum Gasteiger partial charge on any atom is -0.396 e. The largest absolute Gasteiger partial charge is 0.396 e. The third-order valence-electron chi connectivity index (χ3n) is 2.07. The number of hydrogen-bond donors (Lipinski definition) is 3. The molecule has 1 rings (SSSR count). The molecule has 6 N–H and O–H groups in total. The summed E-state index contributed by atoms with van der Waals surface area (Å²) in [5, 5.41) is 0. The molecule has 0 saturated carbocycles. The summed E-state index contributed by atoms with van der Waals surface area (Å²) >= 11 is 0. The van der Waals surface area contributed by atoms with Gasteiger partial charge >= 0.3 is 0 Å². The first-order chi connectivity index (χ1) is 7.02. The van der Waals surface area contributed by atoms with Crippen molar-refractivity contribution in [2.45, 2.75) is 13.3 Å². The van der Waals surface area contributed by atoms with Gasteiger partial charge in [0, 0.05) is 12.6 Å². The summed E-state index contributed by atoms with van der Waals surface area (Å²) in [5.41, 5.74) is 18.4. The van der Waals surface area contributed by atoms with Gasteiger partial charge in [0.2, 0.25) is 5.91 Å². The Morgan fingerprint density at radius 3 is 2.80 bits per heavy atom. The van der Waals surface area contributed by atoms with Crippen molar-refractivity contribution in [3.8, 4) is 0 Å². The minimum absolute atomic E-state index is 0.198. The van der Waals surface area contributed by atoms with E-state index in [-0.39, 0.29) is 12.3 Å². The number of hydrogen-bond acceptors (Lipinski definition) is 4. The second-order valence-corrected chi connectivity index (χ2v) is 3.21. The van der Waals surface area contributed by atoms with Gasteiger partial charge in [0.15, 0.2) is 0 Å². The van der Waals surface area contributed by atoms with E-state index in [4.69, 9.17) is 17.2 Å². The van der Waals surface area contributed by atoms with Crippen molar-refractivity contribution in [1.82, 2.24) is 4.98 Å². The van der Waals surface area contributed by atoms with Crippen LogP contribution in [0.1, 0.15) is 17.5 Å². The summed E-state index contributed by atoms with van der Waals surface area (Å²) in [5.74, 6) is -0.0557. The number of aromatic nitrogens is 1. The van der Waals surface area contributed by atoms with Gasteiger partial charge in [0.05, 0.1) is 5.69 Å². The SMILES string of the molecule is Cc1c(C=CCC(N)=O)cnc(N)c1N. The number of carbonyl (C=O) groups is 1. The van der Waals surface area contributed by atoms with E-state index < -0.39 is 0 Å². The Morgan fingerprint density at radius 2 is 2.20 bits per heavy atom. The summed E-state index contributed by atoms with van der Waals surface area (Å²) in [6, 6.07) is 0. The Bertz CT molecular complexity index is 412. The molecule has 1 heterocycles. The number of amides is 1. The minimum atomic E-state index is -0.375. The molecule has 80 valence electrons. The fourth-order valence-electron chi connectivity index (χ4n) is 1.12. The Balaban J connectivity index is 2.92. The summed E-state index contributed by atoms with van der Waals surface area (Å²) in [6.45, 7) is 1.84. The molecule has 5 nitrogen and oxygen atoms in total. The van der Waals surface area contributed by atoms with Gasteiger partial charge in [0.1, 0.15) is 5.82 Å². The van der Waals surface area contributed by atoms with Gasteiger partial charge in [-0.2, -0.15) is 0 Å². The number of nitrogens with zero attached hydrogens (tertiary/aromatic N) is 1. The number of carbonyl (C=O) groups excluding carboxylic acids is 1. The Morgan fingerprint density at radius 1 is 1.53 bits per heavy atom. The zero-order valence-electron chi connectivity index (χ0n) is 8.53. The third-order valence-corrected chi connectivity index (χ3v) is 2.07. The molecule has 0 saturated heterocycles. The number of anilines is 2. The van der Waals surface area contributed by atoms with Crippen molar-refractivity contribution in [3.63, 3.8) is 0 Å². The van der Waals surface area contributed by atoms with Gasteiger partial charge in [-0.3, -0.25) is 4.79 Å². The van der Waals surface area contributed by atoms with Crippen molar-refractivity contribution in [2.75, 3.05) is 11.5 Å². The quantitative estimate of drug-likeness (QED) is 0.666. The van der Waals surface area contributed by atoms with Gasteiger partial charge in [-0.1, -0.05) is 12.2 Å². The lowest BCUT2D eigenvalue weighted by Gasteiger charge is -2.05. The highest BCUT2D eigenvalue weighted by molar-refractivity contribution is 5.77. The van der Waals surface area contributed by atoms with E-state index >= 15 is 0 Å². The standard InChI is InChI=1S/C10H14N4O/c1-6-7(3-2-4-8(11)15)5-14-10(13)9(6)12/h2-3,5H,4,12H2,1H3,(H2,11,15)(H2,13,14). The van der Waals surface area contributed by atoms with Crippen LogP contribution in [0, 0.1) is 6.92 Å². The monoisotopic (exact) mass is 206 g/mol. The highest BCUT2D eigenvalue weighted by Crippen LogP contribution is 2.21. The molecule has 0 aliphatic rings. The first-order valence-electron chi connectivity index (χ1n) is 4.47. The Kier molecular flexibility index (Phi) is 3.28. The number of nitrogens with two attached hydrogens (primary N) is 3. The van der Waals surface area contributed by atoms with Gasteiger partial charge in [-0.15, -0.1) is 0 Å². The highest BCUT2D eigenvalue weighted by atomic mass is 16.1. The molecule has 0 aliphatic carbocycles. The molecule has 1 aromatic rings. The fourth-order valence-corrected chi connectivity index (χ4v) is 1.12. The maximum atomic E-state index is 10.5. The third kappa shape index (κ3) is 2.70. The lowest BCUT2D eigenvalue weighted by atomic mass is 10.1. The van der Waals surface area contributed by atoms with E-state index in [1.54, 1.807) is 18.3 Å². The van der Waals surface area contributed by atoms with E-state index in [9.17, 15) is 4.79 Å². The van der Waals surface area contributed by atoms with Crippen LogP contribution in [-0.4, -0.2) is 10.9 Å². The summed E-state index contributed by atoms with van der Waals surface area (Å²) in [6.07, 6.45) is 5.23. The molecule has 0 aliphatic heterocycles. The van der Waals surface area contributed by atoms with Crippen LogP contribution < -0.4 is 17.2 Å². The number of rotatable bonds is 3. The number of primary amides is 1. The van der Waals surface area contributed by atoms with Gasteiger partial charge in [-0.25, -0.2) is 4.98 Å². The average Bonchev–Trinajstić information content (AvgIpc) is 2.18. The van der Waals surface area contributed by atoms with E-state index in [0.717, 1.165) is 11.1 Å². The molecule has 0 radical (unpaired) electrons. The van der Waals surface area contributed by atoms with Crippen LogP contribution in [0.15, 0.2) is 12.3 Å². The normalized spacial score (nSPS) is 10.7. The highest BCUT2D eigenvalue weighted by Gasteiger charge is 2.03. The summed E-state index contributed by atoms with van der Waals surface area (Å²) in [4.78, 5) is 14.4. The molecule has 0 fully saturated rings. The molecule has 5 heteroatoms. The summed E-state index contributed by atoms with van der Waals surface area (Å²) in [7, 11) is 0. The summed E-state index contributed by atoms with van der Waals surface area (Å²) < 4.78 is 0. The van der Waals surface area contributed by atoms with Crippen molar-refractivity contribution in [3.05, 3.63) is 23.4 Å². The molecular weight excluding hydrogens is 192 g/mol. The predicted octanol–water partition coefficient (Wildman–Crippen LogP) is 0.443. The zero-order valence-corrected chi connectivity index (χ0v) is 8.53. The van der Waals surface area contributed by atoms with Crippen LogP contribution >= 0.6 is 0 Å². The molecule has 0 aromatic carbocycles. The van der Waals surface area contributed by atoms with Crippen LogP contribution in [0.3, 0.4) is 0 Å².